The lowest BCUT2D eigenvalue weighted by atomic mass is 10.3. The third-order valence-corrected chi connectivity index (χ3v) is 4.93. The van der Waals surface area contributed by atoms with E-state index in [9.17, 15) is 4.79 Å². The van der Waals surface area contributed by atoms with Gasteiger partial charge in [-0.1, -0.05) is 11.6 Å². The first-order valence-corrected chi connectivity index (χ1v) is 10.4. The lowest BCUT2D eigenvalue weighted by Crippen LogP contribution is -2.38. The predicted molar refractivity (Wildman–Crippen MR) is 120 cm³/mol. The second-order valence-electron chi connectivity index (χ2n) is 6.87. The second kappa shape index (κ2) is 10.2. The van der Waals surface area contributed by atoms with Crippen molar-refractivity contribution < 1.29 is 14.3 Å². The molecule has 4 rings (SSSR count). The van der Waals surface area contributed by atoms with E-state index in [1.807, 2.05) is 17.0 Å². The molecule has 0 atom stereocenters. The Labute approximate surface area is 190 Å². The Morgan fingerprint density at radius 3 is 2.59 bits per heavy atom. The fourth-order valence-corrected chi connectivity index (χ4v) is 3.12. The van der Waals surface area contributed by atoms with Crippen molar-refractivity contribution in [3.05, 3.63) is 59.1 Å². The van der Waals surface area contributed by atoms with Crippen LogP contribution in [0.15, 0.2) is 42.6 Å². The quantitative estimate of drug-likeness (QED) is 0.554. The summed E-state index contributed by atoms with van der Waals surface area (Å²) in [6.07, 6.45) is 1.49. The number of pyridine rings is 1. The molecule has 2 aromatic heterocycles. The van der Waals surface area contributed by atoms with Gasteiger partial charge in [0.1, 0.15) is 11.4 Å². The summed E-state index contributed by atoms with van der Waals surface area (Å²) in [5.74, 6) is 1.54. The van der Waals surface area contributed by atoms with Gasteiger partial charge in [0.25, 0.3) is 5.91 Å². The Morgan fingerprint density at radius 2 is 1.91 bits per heavy atom. The molecule has 0 spiro atoms. The molecule has 1 saturated heterocycles. The summed E-state index contributed by atoms with van der Waals surface area (Å²) in [5, 5.41) is 6.60. The van der Waals surface area contributed by atoms with E-state index in [-0.39, 0.29) is 18.1 Å². The summed E-state index contributed by atoms with van der Waals surface area (Å²) >= 11 is 5.97. The van der Waals surface area contributed by atoms with Crippen molar-refractivity contribution in [3.8, 4) is 5.75 Å². The molecule has 166 valence electrons. The zero-order valence-electron chi connectivity index (χ0n) is 17.4. The van der Waals surface area contributed by atoms with E-state index in [1.54, 1.807) is 31.4 Å². The van der Waals surface area contributed by atoms with Crippen LogP contribution in [0.3, 0.4) is 0 Å². The van der Waals surface area contributed by atoms with Gasteiger partial charge in [-0.25, -0.2) is 4.98 Å². The number of aromatic nitrogens is 4. The minimum Gasteiger partial charge on any atom is -0.495 e. The van der Waals surface area contributed by atoms with Crippen LogP contribution in [0.2, 0.25) is 5.02 Å². The van der Waals surface area contributed by atoms with Crippen molar-refractivity contribution in [3.63, 3.8) is 0 Å². The summed E-state index contributed by atoms with van der Waals surface area (Å²) in [4.78, 5) is 32.1. The third kappa shape index (κ3) is 5.59. The summed E-state index contributed by atoms with van der Waals surface area (Å²) < 4.78 is 10.5. The van der Waals surface area contributed by atoms with Crippen molar-refractivity contribution in [1.82, 2.24) is 25.3 Å². The number of benzene rings is 1. The number of carbonyl (C=O) groups is 1. The monoisotopic (exact) mass is 455 g/mol. The van der Waals surface area contributed by atoms with E-state index in [1.165, 1.54) is 6.20 Å². The maximum absolute atomic E-state index is 12.5. The Morgan fingerprint density at radius 1 is 1.12 bits per heavy atom. The highest BCUT2D eigenvalue weighted by atomic mass is 35.5. The van der Waals surface area contributed by atoms with E-state index < -0.39 is 0 Å². The Kier molecular flexibility index (Phi) is 6.93. The molecule has 10 nitrogen and oxygen atoms in total. The zero-order valence-corrected chi connectivity index (χ0v) is 18.2. The van der Waals surface area contributed by atoms with Gasteiger partial charge in [-0.3, -0.25) is 4.79 Å². The number of halogens is 1. The summed E-state index contributed by atoms with van der Waals surface area (Å²) in [6, 6.07) is 10.5. The van der Waals surface area contributed by atoms with Gasteiger partial charge in [0.2, 0.25) is 11.9 Å². The molecule has 3 heterocycles. The van der Waals surface area contributed by atoms with Crippen molar-refractivity contribution in [2.24, 2.45) is 0 Å². The SMILES string of the molecule is COc1ccc(C(=O)NCc2nc(Nc3ccc(Cl)cc3)nc(N3CCOCC3)n2)nc1. The van der Waals surface area contributed by atoms with Crippen LogP contribution in [-0.4, -0.2) is 59.3 Å². The van der Waals surface area contributed by atoms with Gasteiger partial charge < -0.3 is 25.0 Å². The maximum Gasteiger partial charge on any atom is 0.270 e. The first-order valence-electron chi connectivity index (χ1n) is 9.99. The van der Waals surface area contributed by atoms with Crippen LogP contribution in [0.4, 0.5) is 17.6 Å². The standard InChI is InChI=1S/C21H22ClN7O3/c1-31-16-6-7-17(23-12-16)19(30)24-13-18-26-20(25-15-4-2-14(22)3-5-15)28-21(27-18)29-8-10-32-11-9-29/h2-7,12H,8-11,13H2,1H3,(H,24,30)(H,25,26,27,28). The smallest absolute Gasteiger partial charge is 0.270 e. The molecule has 1 amide bonds. The number of hydrogen-bond donors (Lipinski definition) is 2. The lowest BCUT2D eigenvalue weighted by molar-refractivity contribution is 0.0945. The van der Waals surface area contributed by atoms with Crippen molar-refractivity contribution >= 4 is 35.1 Å². The number of methoxy groups -OCH3 is 1. The molecule has 2 N–H and O–H groups in total. The molecule has 11 heteroatoms. The normalized spacial score (nSPS) is 13.5. The lowest BCUT2D eigenvalue weighted by Gasteiger charge is -2.27. The number of carbonyl (C=O) groups excluding carboxylic acids is 1. The van der Waals surface area contributed by atoms with Crippen molar-refractivity contribution in [1.29, 1.82) is 0 Å². The van der Waals surface area contributed by atoms with Gasteiger partial charge in [0, 0.05) is 23.8 Å². The molecule has 1 aliphatic rings. The van der Waals surface area contributed by atoms with Crippen LogP contribution in [0.25, 0.3) is 0 Å². The highest BCUT2D eigenvalue weighted by molar-refractivity contribution is 6.30. The molecule has 0 unspecified atom stereocenters. The minimum atomic E-state index is -0.340. The number of nitrogens with one attached hydrogen (secondary N) is 2. The second-order valence-corrected chi connectivity index (χ2v) is 7.31. The predicted octanol–water partition coefficient (Wildman–Crippen LogP) is 2.44. The number of nitrogens with zero attached hydrogens (tertiary/aromatic N) is 5. The molecule has 0 bridgehead atoms. The van der Waals surface area contributed by atoms with E-state index in [4.69, 9.17) is 21.1 Å². The fraction of sp³-hybridized carbons (Fsp3) is 0.286. The van der Waals surface area contributed by atoms with Crippen molar-refractivity contribution in [2.75, 3.05) is 43.6 Å². The molecule has 0 aliphatic carbocycles. The fourth-order valence-electron chi connectivity index (χ4n) is 2.99. The van der Waals surface area contributed by atoms with E-state index >= 15 is 0 Å². The third-order valence-electron chi connectivity index (χ3n) is 4.68. The van der Waals surface area contributed by atoms with Gasteiger partial charge in [0.05, 0.1) is 33.1 Å². The highest BCUT2D eigenvalue weighted by Gasteiger charge is 2.17. The topological polar surface area (TPSA) is 114 Å². The summed E-state index contributed by atoms with van der Waals surface area (Å²) in [6.45, 7) is 2.65. The number of amides is 1. The highest BCUT2D eigenvalue weighted by Crippen LogP contribution is 2.19. The van der Waals surface area contributed by atoms with Crippen LogP contribution >= 0.6 is 11.6 Å². The summed E-state index contributed by atoms with van der Waals surface area (Å²) in [7, 11) is 1.54. The molecule has 1 fully saturated rings. The van der Waals surface area contributed by atoms with Gasteiger partial charge in [0.15, 0.2) is 5.82 Å². The Bertz CT molecular complexity index is 1060. The van der Waals surface area contributed by atoms with Gasteiger partial charge in [-0.05, 0) is 36.4 Å². The van der Waals surface area contributed by atoms with Crippen LogP contribution in [-0.2, 0) is 11.3 Å². The number of ether oxygens (including phenoxy) is 2. The number of morpholine rings is 1. The molecule has 1 aromatic carbocycles. The molecule has 32 heavy (non-hydrogen) atoms. The van der Waals surface area contributed by atoms with Gasteiger partial charge in [-0.2, -0.15) is 15.0 Å². The molecule has 0 radical (unpaired) electrons. The molecule has 0 saturated carbocycles. The van der Waals surface area contributed by atoms with Crippen LogP contribution < -0.4 is 20.3 Å². The average molecular weight is 456 g/mol. The number of anilines is 3. The van der Waals surface area contributed by atoms with Crippen LogP contribution in [0, 0.1) is 0 Å². The Balaban J connectivity index is 1.52. The molecular formula is C21H22ClN7O3. The van der Waals surface area contributed by atoms with E-state index in [0.717, 1.165) is 5.69 Å². The summed E-state index contributed by atoms with van der Waals surface area (Å²) in [5.41, 5.74) is 1.05. The maximum atomic E-state index is 12.5. The van der Waals surface area contributed by atoms with Crippen LogP contribution in [0.5, 0.6) is 5.75 Å². The zero-order chi connectivity index (χ0) is 22.3. The van der Waals surface area contributed by atoms with Gasteiger partial charge in [-0.15, -0.1) is 0 Å². The number of hydrogen-bond acceptors (Lipinski definition) is 9. The van der Waals surface area contributed by atoms with E-state index in [2.05, 4.69) is 30.6 Å². The molecule has 3 aromatic rings. The Hall–Kier alpha value is -3.50. The van der Waals surface area contributed by atoms with Crippen molar-refractivity contribution in [2.45, 2.75) is 6.54 Å². The first-order chi connectivity index (χ1) is 15.6. The molecule has 1 aliphatic heterocycles. The average Bonchev–Trinajstić information content (AvgIpc) is 2.84. The van der Waals surface area contributed by atoms with E-state index in [0.29, 0.717) is 54.8 Å². The first kappa shape index (κ1) is 21.7. The minimum absolute atomic E-state index is 0.113. The number of rotatable bonds is 7. The largest absolute Gasteiger partial charge is 0.495 e. The molecular weight excluding hydrogens is 434 g/mol. The van der Waals surface area contributed by atoms with Gasteiger partial charge >= 0.3 is 0 Å². The van der Waals surface area contributed by atoms with Crippen LogP contribution in [0.1, 0.15) is 16.3 Å².